The third kappa shape index (κ3) is 5.00. The molecule has 1 saturated carbocycles. The quantitative estimate of drug-likeness (QED) is 0.398. The van der Waals surface area contributed by atoms with Gasteiger partial charge in [-0.1, -0.05) is 23.8 Å². The lowest BCUT2D eigenvalue weighted by Crippen LogP contribution is -2.41. The number of β-amino-alcohol motifs (C(OH)–C–C–N with tert-alkyl or cyclic N) is 1. The summed E-state index contributed by atoms with van der Waals surface area (Å²) in [5.74, 6) is 1.32. The number of hydrogen-bond acceptors (Lipinski definition) is 8. The Bertz CT molecular complexity index is 1170. The van der Waals surface area contributed by atoms with Crippen LogP contribution in [0.3, 0.4) is 0 Å². The minimum atomic E-state index is -0.350. The zero-order chi connectivity index (χ0) is 25.4. The van der Waals surface area contributed by atoms with Gasteiger partial charge in [-0.3, -0.25) is 4.79 Å². The van der Waals surface area contributed by atoms with Crippen LogP contribution in [0.25, 0.3) is 0 Å². The van der Waals surface area contributed by atoms with Crippen LogP contribution in [0.1, 0.15) is 24.5 Å². The van der Waals surface area contributed by atoms with Gasteiger partial charge < -0.3 is 31.1 Å². The number of nitrogens with zero attached hydrogens (tertiary/aromatic N) is 3. The Morgan fingerprint density at radius 1 is 1.28 bits per heavy atom. The van der Waals surface area contributed by atoms with Gasteiger partial charge in [-0.25, -0.2) is 4.98 Å². The molecule has 0 saturated heterocycles. The van der Waals surface area contributed by atoms with Gasteiger partial charge in [0.2, 0.25) is 11.9 Å². The number of methoxy groups -OCH3 is 1. The highest BCUT2D eigenvalue weighted by atomic mass is 35.5. The predicted octanol–water partition coefficient (Wildman–Crippen LogP) is 2.75. The fourth-order valence-corrected chi connectivity index (χ4v) is 5.98. The van der Waals surface area contributed by atoms with Crippen molar-refractivity contribution in [3.8, 4) is 5.75 Å². The van der Waals surface area contributed by atoms with Crippen molar-refractivity contribution >= 4 is 35.0 Å². The summed E-state index contributed by atoms with van der Waals surface area (Å²) in [5, 5.41) is 16.8. The molecule has 10 heteroatoms. The van der Waals surface area contributed by atoms with E-state index in [0.29, 0.717) is 29.1 Å². The molecule has 1 aliphatic heterocycles. The van der Waals surface area contributed by atoms with Gasteiger partial charge >= 0.3 is 0 Å². The Morgan fingerprint density at radius 2 is 2.00 bits per heavy atom. The average molecular weight is 513 g/mol. The molecule has 192 valence electrons. The number of carbonyl (C=O) groups is 1. The molecular weight excluding hydrogens is 480 g/mol. The molecule has 2 aromatic rings. The van der Waals surface area contributed by atoms with Crippen LogP contribution in [-0.4, -0.2) is 64.8 Å². The normalized spacial score (nSPS) is 25.8. The summed E-state index contributed by atoms with van der Waals surface area (Å²) in [7, 11) is 1.64. The van der Waals surface area contributed by atoms with E-state index in [2.05, 4.69) is 49.8 Å². The summed E-state index contributed by atoms with van der Waals surface area (Å²) < 4.78 is 5.68. The molecule has 9 nitrogen and oxygen atoms in total. The molecule has 1 fully saturated rings. The number of allylic oxidation sites excluding steroid dienone is 1. The number of aliphatic hydroxyl groups is 1. The van der Waals surface area contributed by atoms with Crippen LogP contribution in [0, 0.1) is 17.8 Å². The number of hydrogen-bond donors (Lipinski definition) is 4. The van der Waals surface area contributed by atoms with Gasteiger partial charge in [-0.2, -0.15) is 4.98 Å². The van der Waals surface area contributed by atoms with Crippen molar-refractivity contribution in [3.05, 3.63) is 46.6 Å². The van der Waals surface area contributed by atoms with Gasteiger partial charge in [0, 0.05) is 25.7 Å². The number of amides is 1. The molecule has 5 rings (SSSR count). The van der Waals surface area contributed by atoms with Crippen LogP contribution in [0.2, 0.25) is 5.02 Å². The third-order valence-electron chi connectivity index (χ3n) is 7.52. The summed E-state index contributed by atoms with van der Waals surface area (Å²) in [6.07, 6.45) is 8.09. The lowest BCUT2D eigenvalue weighted by atomic mass is 9.88. The first-order valence-corrected chi connectivity index (χ1v) is 12.8. The molecule has 0 radical (unpaired) electrons. The van der Waals surface area contributed by atoms with Crippen LogP contribution in [0.4, 0.5) is 17.5 Å². The van der Waals surface area contributed by atoms with Gasteiger partial charge in [-0.05, 0) is 61.3 Å². The fraction of sp³-hybridized carbons (Fsp3) is 0.500. The van der Waals surface area contributed by atoms with E-state index in [-0.39, 0.29) is 35.8 Å². The highest BCUT2D eigenvalue weighted by Gasteiger charge is 2.47. The van der Waals surface area contributed by atoms with Crippen LogP contribution >= 0.6 is 11.6 Å². The molecule has 3 aliphatic rings. The van der Waals surface area contributed by atoms with E-state index in [1.165, 1.54) is 11.1 Å². The van der Waals surface area contributed by atoms with Gasteiger partial charge in [0.05, 0.1) is 31.0 Å². The SMILES string of the molecule is COc1cc2c(cc1Nc1ncc(Cl)c(N[C@H]3[C@@H](C(N)=O)[C@@H]4C=C[C@H]3C4)n1)CCN(C[C@@H](C)O)CC2. The van der Waals surface area contributed by atoms with Gasteiger partial charge in [0.15, 0.2) is 5.82 Å². The molecule has 1 aromatic carbocycles. The molecule has 2 bridgehead atoms. The van der Waals surface area contributed by atoms with Crippen LogP contribution in [-0.2, 0) is 17.6 Å². The van der Waals surface area contributed by atoms with Crippen LogP contribution < -0.4 is 21.1 Å². The number of fused-ring (bicyclic) bond motifs is 3. The Labute approximate surface area is 216 Å². The maximum absolute atomic E-state index is 12.1. The van der Waals surface area contributed by atoms with Crippen molar-refractivity contribution in [2.75, 3.05) is 37.4 Å². The number of nitrogens with one attached hydrogen (secondary N) is 2. The maximum atomic E-state index is 12.1. The predicted molar refractivity (Wildman–Crippen MR) is 140 cm³/mol. The minimum absolute atomic E-state index is 0.149. The zero-order valence-electron chi connectivity index (χ0n) is 20.6. The first kappa shape index (κ1) is 24.8. The second-order valence-corrected chi connectivity index (χ2v) is 10.4. The summed E-state index contributed by atoms with van der Waals surface area (Å²) >= 11 is 6.43. The highest BCUT2D eigenvalue weighted by molar-refractivity contribution is 6.32. The molecular formula is C26H33ClN6O3. The van der Waals surface area contributed by atoms with E-state index in [0.717, 1.165) is 38.0 Å². The molecule has 2 aliphatic carbocycles. The van der Waals surface area contributed by atoms with Gasteiger partial charge in [0.25, 0.3) is 0 Å². The van der Waals surface area contributed by atoms with E-state index < -0.39 is 0 Å². The molecule has 1 aromatic heterocycles. The highest BCUT2D eigenvalue weighted by Crippen LogP contribution is 2.45. The second-order valence-electron chi connectivity index (χ2n) is 10.0. The Balaban J connectivity index is 1.36. The Morgan fingerprint density at radius 3 is 2.69 bits per heavy atom. The number of aromatic nitrogens is 2. The van der Waals surface area contributed by atoms with Gasteiger partial charge in [-0.15, -0.1) is 0 Å². The molecule has 0 unspecified atom stereocenters. The number of ether oxygens (including phenoxy) is 1. The lowest BCUT2D eigenvalue weighted by Gasteiger charge is -2.27. The van der Waals surface area contributed by atoms with Crippen molar-refractivity contribution < 1.29 is 14.6 Å². The number of rotatable bonds is 8. The molecule has 0 spiro atoms. The zero-order valence-corrected chi connectivity index (χ0v) is 21.3. The Kier molecular flexibility index (Phi) is 7.05. The first-order valence-electron chi connectivity index (χ1n) is 12.5. The smallest absolute Gasteiger partial charge is 0.229 e. The summed E-state index contributed by atoms with van der Waals surface area (Å²) in [6.45, 7) is 4.27. The number of nitrogens with two attached hydrogens (primary N) is 1. The number of benzene rings is 1. The molecule has 1 amide bonds. The monoisotopic (exact) mass is 512 g/mol. The van der Waals surface area contributed by atoms with Crippen molar-refractivity contribution in [2.24, 2.45) is 23.5 Å². The van der Waals surface area contributed by atoms with E-state index >= 15 is 0 Å². The number of anilines is 3. The second kappa shape index (κ2) is 10.2. The van der Waals surface area contributed by atoms with Crippen molar-refractivity contribution in [3.63, 3.8) is 0 Å². The molecule has 36 heavy (non-hydrogen) atoms. The summed E-state index contributed by atoms with van der Waals surface area (Å²) in [4.78, 5) is 23.4. The lowest BCUT2D eigenvalue weighted by molar-refractivity contribution is -0.122. The third-order valence-corrected chi connectivity index (χ3v) is 7.80. The number of aliphatic hydroxyl groups excluding tert-OH is 1. The first-order chi connectivity index (χ1) is 17.3. The van der Waals surface area contributed by atoms with E-state index in [1.54, 1.807) is 13.3 Å². The van der Waals surface area contributed by atoms with E-state index in [1.807, 2.05) is 6.92 Å². The fourth-order valence-electron chi connectivity index (χ4n) is 5.84. The molecule has 5 atom stereocenters. The number of carbonyl (C=O) groups excluding carboxylic acids is 1. The van der Waals surface area contributed by atoms with Crippen molar-refractivity contribution in [2.45, 2.75) is 38.3 Å². The number of halogens is 1. The van der Waals surface area contributed by atoms with Crippen molar-refractivity contribution in [1.82, 2.24) is 14.9 Å². The topological polar surface area (TPSA) is 126 Å². The van der Waals surface area contributed by atoms with Crippen LogP contribution in [0.15, 0.2) is 30.5 Å². The molecule has 5 N–H and O–H groups in total. The van der Waals surface area contributed by atoms with Crippen molar-refractivity contribution in [1.29, 1.82) is 0 Å². The average Bonchev–Trinajstić information content (AvgIpc) is 3.39. The maximum Gasteiger partial charge on any atom is 0.229 e. The molecule has 2 heterocycles. The number of primary amides is 1. The summed E-state index contributed by atoms with van der Waals surface area (Å²) in [5.41, 5.74) is 8.95. The van der Waals surface area contributed by atoms with Crippen LogP contribution in [0.5, 0.6) is 5.75 Å². The van der Waals surface area contributed by atoms with E-state index in [4.69, 9.17) is 22.1 Å². The minimum Gasteiger partial charge on any atom is -0.495 e. The summed E-state index contributed by atoms with van der Waals surface area (Å²) in [6, 6.07) is 4.01. The van der Waals surface area contributed by atoms with Gasteiger partial charge in [0.1, 0.15) is 10.8 Å². The van der Waals surface area contributed by atoms with E-state index in [9.17, 15) is 9.90 Å². The largest absolute Gasteiger partial charge is 0.495 e. The Hall–Kier alpha value is -2.88. The standard InChI is InChI=1S/C26H33ClN6O3/c1-14(34)13-33-7-5-15-10-20(21(36-2)11-16(15)6-8-33)30-26-29-12-19(27)25(32-26)31-23-18-4-3-17(9-18)22(23)24(28)35/h3-4,10-12,14,17-18,22-23,34H,5-9,13H2,1-2H3,(H2,28,35)(H2,29,30,31,32)/t14-,17-,18+,22+,23-/m1/s1.